The Labute approximate surface area is 101 Å². The Bertz CT molecular complexity index is 599. The number of allylic oxidation sites excluding steroid dienone is 1. The summed E-state index contributed by atoms with van der Waals surface area (Å²) in [5, 5.41) is 2.09. The summed E-state index contributed by atoms with van der Waals surface area (Å²) in [7, 11) is 0. The van der Waals surface area contributed by atoms with Crippen LogP contribution in [0, 0.1) is 0 Å². The summed E-state index contributed by atoms with van der Waals surface area (Å²) in [5.41, 5.74) is 7.89. The fourth-order valence-corrected chi connectivity index (χ4v) is 1.87. The predicted octanol–water partition coefficient (Wildman–Crippen LogP) is 3.57. The van der Waals surface area contributed by atoms with Gasteiger partial charge >= 0.3 is 0 Å². The molecule has 0 saturated heterocycles. The second-order valence-corrected chi connectivity index (χ2v) is 4.34. The number of Topliss-reactive ketones (excluding diaryl/α,β-unsaturated/α-hetero) is 1. The lowest BCUT2D eigenvalue weighted by Crippen LogP contribution is -2.04. The van der Waals surface area contributed by atoms with Crippen LogP contribution in [0.3, 0.4) is 0 Å². The standard InChI is InChI=1S/C15H15NO/c1-10(2)7-15(17)13-8-11-5-3-4-6-12(11)9-14(13)16/h3-6,8-9H,1,7,16H2,2H3. The number of fused-ring (bicyclic) bond motifs is 1. The van der Waals surface area contributed by atoms with Crippen molar-refractivity contribution in [1.82, 2.24) is 0 Å². The Balaban J connectivity index is 2.50. The van der Waals surface area contributed by atoms with Gasteiger partial charge in [-0.3, -0.25) is 4.79 Å². The Morgan fingerprint density at radius 1 is 1.24 bits per heavy atom. The van der Waals surface area contributed by atoms with Gasteiger partial charge in [-0.2, -0.15) is 0 Å². The Morgan fingerprint density at radius 2 is 1.82 bits per heavy atom. The van der Waals surface area contributed by atoms with Gasteiger partial charge in [0.05, 0.1) is 0 Å². The molecule has 0 aliphatic rings. The van der Waals surface area contributed by atoms with E-state index in [9.17, 15) is 4.79 Å². The minimum Gasteiger partial charge on any atom is -0.398 e. The molecule has 86 valence electrons. The van der Waals surface area contributed by atoms with Crippen molar-refractivity contribution in [2.75, 3.05) is 5.73 Å². The van der Waals surface area contributed by atoms with Gasteiger partial charge in [0.15, 0.2) is 5.78 Å². The van der Waals surface area contributed by atoms with Gasteiger partial charge in [0.2, 0.25) is 0 Å². The molecule has 0 heterocycles. The van der Waals surface area contributed by atoms with E-state index in [0.717, 1.165) is 16.3 Å². The summed E-state index contributed by atoms with van der Waals surface area (Å²) in [6, 6.07) is 11.6. The number of nitrogen functional groups attached to an aromatic ring is 1. The predicted molar refractivity (Wildman–Crippen MR) is 72.1 cm³/mol. The molecule has 2 aromatic rings. The molecular formula is C15H15NO. The largest absolute Gasteiger partial charge is 0.398 e. The molecule has 0 aromatic heterocycles. The highest BCUT2D eigenvalue weighted by molar-refractivity contribution is 6.05. The molecule has 2 N–H and O–H groups in total. The summed E-state index contributed by atoms with van der Waals surface area (Å²) < 4.78 is 0. The molecule has 0 fully saturated rings. The van der Waals surface area contributed by atoms with Gasteiger partial charge in [-0.15, -0.1) is 0 Å². The number of rotatable bonds is 3. The highest BCUT2D eigenvalue weighted by Crippen LogP contribution is 2.23. The third-order valence-electron chi connectivity index (χ3n) is 2.68. The molecule has 2 rings (SSSR count). The average Bonchev–Trinajstić information content (AvgIpc) is 2.27. The highest BCUT2D eigenvalue weighted by Gasteiger charge is 2.10. The molecule has 0 aliphatic carbocycles. The molecular weight excluding hydrogens is 210 g/mol. The molecule has 0 amide bonds. The van der Waals surface area contributed by atoms with Crippen LogP contribution in [0.15, 0.2) is 48.6 Å². The summed E-state index contributed by atoms with van der Waals surface area (Å²) in [4.78, 5) is 12.0. The molecule has 2 aromatic carbocycles. The highest BCUT2D eigenvalue weighted by atomic mass is 16.1. The van der Waals surface area contributed by atoms with Crippen LogP contribution in [0.5, 0.6) is 0 Å². The van der Waals surface area contributed by atoms with Crippen molar-refractivity contribution in [2.45, 2.75) is 13.3 Å². The van der Waals surface area contributed by atoms with Gasteiger partial charge in [-0.25, -0.2) is 0 Å². The van der Waals surface area contributed by atoms with Gasteiger partial charge in [-0.05, 0) is 29.8 Å². The number of nitrogens with two attached hydrogens (primary N) is 1. The third-order valence-corrected chi connectivity index (χ3v) is 2.68. The number of anilines is 1. The zero-order valence-corrected chi connectivity index (χ0v) is 9.86. The summed E-state index contributed by atoms with van der Waals surface area (Å²) in [6.07, 6.45) is 0.350. The lowest BCUT2D eigenvalue weighted by atomic mass is 9.99. The van der Waals surface area contributed by atoms with Crippen LogP contribution in [-0.2, 0) is 0 Å². The van der Waals surface area contributed by atoms with Gasteiger partial charge in [0, 0.05) is 17.7 Å². The number of carbonyl (C=O) groups is 1. The first-order valence-corrected chi connectivity index (χ1v) is 5.54. The molecule has 0 spiro atoms. The molecule has 0 radical (unpaired) electrons. The minimum atomic E-state index is 0.0285. The molecule has 17 heavy (non-hydrogen) atoms. The topological polar surface area (TPSA) is 43.1 Å². The van der Waals surface area contributed by atoms with Gasteiger partial charge in [-0.1, -0.05) is 36.4 Å². The van der Waals surface area contributed by atoms with E-state index in [2.05, 4.69) is 6.58 Å². The van der Waals surface area contributed by atoms with Crippen LogP contribution in [0.4, 0.5) is 5.69 Å². The maximum absolute atomic E-state index is 12.0. The zero-order chi connectivity index (χ0) is 12.4. The van der Waals surface area contributed by atoms with Gasteiger partial charge in [0.25, 0.3) is 0 Å². The van der Waals surface area contributed by atoms with Crippen molar-refractivity contribution in [2.24, 2.45) is 0 Å². The van der Waals surface area contributed by atoms with Crippen molar-refractivity contribution in [3.63, 3.8) is 0 Å². The Morgan fingerprint density at radius 3 is 2.41 bits per heavy atom. The van der Waals surface area contributed by atoms with Crippen LogP contribution in [-0.4, -0.2) is 5.78 Å². The monoisotopic (exact) mass is 225 g/mol. The SMILES string of the molecule is C=C(C)CC(=O)c1cc2ccccc2cc1N. The van der Waals surface area contributed by atoms with Crippen LogP contribution in [0.2, 0.25) is 0 Å². The molecule has 0 atom stereocenters. The average molecular weight is 225 g/mol. The zero-order valence-electron chi connectivity index (χ0n) is 9.86. The fourth-order valence-electron chi connectivity index (χ4n) is 1.87. The maximum Gasteiger partial charge on any atom is 0.168 e. The van der Waals surface area contributed by atoms with E-state index in [0.29, 0.717) is 17.7 Å². The van der Waals surface area contributed by atoms with E-state index in [1.165, 1.54) is 0 Å². The fraction of sp³-hybridized carbons (Fsp3) is 0.133. The summed E-state index contributed by atoms with van der Waals surface area (Å²) >= 11 is 0. The van der Waals surface area contributed by atoms with E-state index in [-0.39, 0.29) is 5.78 Å². The number of hydrogen-bond donors (Lipinski definition) is 1. The minimum absolute atomic E-state index is 0.0285. The lowest BCUT2D eigenvalue weighted by molar-refractivity contribution is 0.0994. The van der Waals surface area contributed by atoms with E-state index < -0.39 is 0 Å². The number of ketones is 1. The van der Waals surface area contributed by atoms with Gasteiger partial charge in [0.1, 0.15) is 0 Å². The van der Waals surface area contributed by atoms with Crippen LogP contribution >= 0.6 is 0 Å². The van der Waals surface area contributed by atoms with E-state index in [1.807, 2.05) is 43.3 Å². The maximum atomic E-state index is 12.0. The normalized spacial score (nSPS) is 10.4. The first kappa shape index (κ1) is 11.4. The first-order valence-electron chi connectivity index (χ1n) is 5.54. The molecule has 2 heteroatoms. The third kappa shape index (κ3) is 2.36. The quantitative estimate of drug-likeness (QED) is 0.493. The van der Waals surface area contributed by atoms with Crippen molar-refractivity contribution >= 4 is 22.2 Å². The Kier molecular flexibility index (Phi) is 2.96. The smallest absolute Gasteiger partial charge is 0.168 e. The van der Waals surface area contributed by atoms with Crippen LogP contribution < -0.4 is 5.73 Å². The molecule has 0 bridgehead atoms. The second-order valence-electron chi connectivity index (χ2n) is 4.34. The molecule has 0 saturated carbocycles. The second kappa shape index (κ2) is 4.42. The first-order chi connectivity index (χ1) is 8.08. The van der Waals surface area contributed by atoms with Crippen molar-refractivity contribution < 1.29 is 4.79 Å². The van der Waals surface area contributed by atoms with E-state index in [4.69, 9.17) is 5.73 Å². The van der Waals surface area contributed by atoms with Crippen LogP contribution in [0.1, 0.15) is 23.7 Å². The van der Waals surface area contributed by atoms with E-state index >= 15 is 0 Å². The van der Waals surface area contributed by atoms with E-state index in [1.54, 1.807) is 0 Å². The molecule has 0 unspecified atom stereocenters. The summed E-state index contributed by atoms with van der Waals surface area (Å²) in [5.74, 6) is 0.0285. The molecule has 2 nitrogen and oxygen atoms in total. The number of benzene rings is 2. The van der Waals surface area contributed by atoms with Crippen molar-refractivity contribution in [3.8, 4) is 0 Å². The van der Waals surface area contributed by atoms with Crippen LogP contribution in [0.25, 0.3) is 10.8 Å². The summed E-state index contributed by atoms with van der Waals surface area (Å²) in [6.45, 7) is 5.59. The van der Waals surface area contributed by atoms with Crippen molar-refractivity contribution in [3.05, 3.63) is 54.1 Å². The van der Waals surface area contributed by atoms with Crippen molar-refractivity contribution in [1.29, 1.82) is 0 Å². The number of carbonyl (C=O) groups excluding carboxylic acids is 1. The van der Waals surface area contributed by atoms with Gasteiger partial charge < -0.3 is 5.73 Å². The number of hydrogen-bond acceptors (Lipinski definition) is 2. The lowest BCUT2D eigenvalue weighted by Gasteiger charge is -2.07. The Hall–Kier alpha value is -2.09. The molecule has 0 aliphatic heterocycles.